The van der Waals surface area contributed by atoms with Gasteiger partial charge in [-0.25, -0.2) is 5.48 Å². The average Bonchev–Trinajstić information content (AvgIpc) is 2.69. The third kappa shape index (κ3) is 3.67. The van der Waals surface area contributed by atoms with Crippen molar-refractivity contribution in [2.45, 2.75) is 5.92 Å². The van der Waals surface area contributed by atoms with Crippen LogP contribution in [-0.4, -0.2) is 23.1 Å². The molecule has 0 saturated carbocycles. The number of hydroxylamine groups is 1. The SMILES string of the molecule is CN(c1ccc(C(C(=O)NO)c2ccccc2)cc1)c1cccnc1. The zero-order valence-corrected chi connectivity index (χ0v) is 13.8. The summed E-state index contributed by atoms with van der Waals surface area (Å²) in [4.78, 5) is 18.3. The van der Waals surface area contributed by atoms with Gasteiger partial charge in [0.1, 0.15) is 0 Å². The Morgan fingerprint density at radius 1 is 0.960 bits per heavy atom. The van der Waals surface area contributed by atoms with Crippen molar-refractivity contribution in [2.75, 3.05) is 11.9 Å². The molecule has 1 atom stereocenters. The van der Waals surface area contributed by atoms with Crippen LogP contribution in [0.15, 0.2) is 79.1 Å². The number of amides is 1. The Kier molecular flexibility index (Phi) is 5.06. The summed E-state index contributed by atoms with van der Waals surface area (Å²) in [5.41, 5.74) is 5.35. The summed E-state index contributed by atoms with van der Waals surface area (Å²) in [6.45, 7) is 0. The molecule has 5 nitrogen and oxygen atoms in total. The van der Waals surface area contributed by atoms with Gasteiger partial charge in [0.15, 0.2) is 0 Å². The minimum atomic E-state index is -0.566. The van der Waals surface area contributed by atoms with Gasteiger partial charge in [0, 0.05) is 18.9 Å². The number of carbonyl (C=O) groups is 1. The van der Waals surface area contributed by atoms with Gasteiger partial charge in [0.25, 0.3) is 5.91 Å². The molecule has 1 heterocycles. The van der Waals surface area contributed by atoms with E-state index in [0.29, 0.717) is 0 Å². The van der Waals surface area contributed by atoms with Crippen molar-refractivity contribution in [3.05, 3.63) is 90.3 Å². The largest absolute Gasteiger partial charge is 0.343 e. The molecule has 0 spiro atoms. The Bertz CT molecular complexity index is 821. The molecule has 0 aliphatic rings. The number of pyridine rings is 1. The molecule has 0 saturated heterocycles. The fourth-order valence-corrected chi connectivity index (χ4v) is 2.80. The van der Waals surface area contributed by atoms with Gasteiger partial charge < -0.3 is 4.90 Å². The minimum absolute atomic E-state index is 0.459. The molecular formula is C20H19N3O2. The lowest BCUT2D eigenvalue weighted by Crippen LogP contribution is -2.27. The molecule has 2 aromatic carbocycles. The molecule has 2 N–H and O–H groups in total. The van der Waals surface area contributed by atoms with E-state index in [4.69, 9.17) is 5.21 Å². The first-order chi connectivity index (χ1) is 12.2. The molecule has 0 aliphatic heterocycles. The summed E-state index contributed by atoms with van der Waals surface area (Å²) in [6.07, 6.45) is 3.53. The van der Waals surface area contributed by atoms with E-state index in [2.05, 4.69) is 4.98 Å². The van der Waals surface area contributed by atoms with Crippen molar-refractivity contribution in [3.8, 4) is 0 Å². The van der Waals surface area contributed by atoms with Crippen LogP contribution in [0.5, 0.6) is 0 Å². The maximum absolute atomic E-state index is 12.2. The number of rotatable bonds is 5. The van der Waals surface area contributed by atoms with E-state index < -0.39 is 11.8 Å². The highest BCUT2D eigenvalue weighted by Gasteiger charge is 2.22. The highest BCUT2D eigenvalue weighted by molar-refractivity contribution is 5.86. The van der Waals surface area contributed by atoms with E-state index in [1.807, 2.05) is 78.7 Å². The Labute approximate surface area is 146 Å². The van der Waals surface area contributed by atoms with Gasteiger partial charge in [0.05, 0.1) is 17.8 Å². The first kappa shape index (κ1) is 16.7. The van der Waals surface area contributed by atoms with Gasteiger partial charge in [0.2, 0.25) is 0 Å². The van der Waals surface area contributed by atoms with Crippen molar-refractivity contribution < 1.29 is 10.0 Å². The van der Waals surface area contributed by atoms with Gasteiger partial charge in [-0.2, -0.15) is 0 Å². The van der Waals surface area contributed by atoms with Crippen LogP contribution in [0.3, 0.4) is 0 Å². The fraction of sp³-hybridized carbons (Fsp3) is 0.100. The van der Waals surface area contributed by atoms with Crippen molar-refractivity contribution in [1.82, 2.24) is 10.5 Å². The average molecular weight is 333 g/mol. The maximum Gasteiger partial charge on any atom is 0.255 e. The summed E-state index contributed by atoms with van der Waals surface area (Å²) in [5, 5.41) is 9.10. The standard InChI is InChI=1S/C20H19N3O2/c1-23(18-8-5-13-21-14-18)17-11-9-16(10-12-17)19(20(24)22-25)15-6-3-2-4-7-15/h2-14,19,25H,1H3,(H,22,24). The van der Waals surface area contributed by atoms with Crippen LogP contribution >= 0.6 is 0 Å². The fourth-order valence-electron chi connectivity index (χ4n) is 2.80. The lowest BCUT2D eigenvalue weighted by atomic mass is 9.90. The topological polar surface area (TPSA) is 65.5 Å². The predicted molar refractivity (Wildman–Crippen MR) is 97.0 cm³/mol. The molecule has 126 valence electrons. The van der Waals surface area contributed by atoms with Crippen LogP contribution < -0.4 is 10.4 Å². The number of nitrogens with one attached hydrogen (secondary N) is 1. The van der Waals surface area contributed by atoms with Crippen molar-refractivity contribution in [3.63, 3.8) is 0 Å². The zero-order valence-electron chi connectivity index (χ0n) is 13.8. The van der Waals surface area contributed by atoms with Crippen LogP contribution in [0, 0.1) is 0 Å². The van der Waals surface area contributed by atoms with Crippen LogP contribution in [0.1, 0.15) is 17.0 Å². The number of carbonyl (C=O) groups excluding carboxylic acids is 1. The molecule has 0 aliphatic carbocycles. The van der Waals surface area contributed by atoms with Crippen molar-refractivity contribution in [2.24, 2.45) is 0 Å². The van der Waals surface area contributed by atoms with Crippen LogP contribution in [0.4, 0.5) is 11.4 Å². The first-order valence-electron chi connectivity index (χ1n) is 7.93. The molecule has 1 unspecified atom stereocenters. The van der Waals surface area contributed by atoms with Crippen LogP contribution in [-0.2, 0) is 4.79 Å². The Morgan fingerprint density at radius 2 is 1.64 bits per heavy atom. The van der Waals surface area contributed by atoms with Crippen molar-refractivity contribution >= 4 is 17.3 Å². The van der Waals surface area contributed by atoms with E-state index in [1.54, 1.807) is 17.9 Å². The van der Waals surface area contributed by atoms with E-state index in [1.165, 1.54) is 0 Å². The van der Waals surface area contributed by atoms with Crippen LogP contribution in [0.2, 0.25) is 0 Å². The number of hydrogen-bond donors (Lipinski definition) is 2. The lowest BCUT2D eigenvalue weighted by molar-refractivity contribution is -0.129. The highest BCUT2D eigenvalue weighted by atomic mass is 16.5. The Balaban J connectivity index is 1.90. The quantitative estimate of drug-likeness (QED) is 0.554. The number of hydrogen-bond acceptors (Lipinski definition) is 4. The summed E-state index contributed by atoms with van der Waals surface area (Å²) in [6, 6.07) is 20.9. The third-order valence-electron chi connectivity index (χ3n) is 4.15. The summed E-state index contributed by atoms with van der Waals surface area (Å²) in [7, 11) is 1.96. The minimum Gasteiger partial charge on any atom is -0.343 e. The molecule has 5 heteroatoms. The molecule has 0 bridgehead atoms. The Hall–Kier alpha value is -3.18. The molecule has 0 fully saturated rings. The molecule has 3 rings (SSSR count). The van der Waals surface area contributed by atoms with Gasteiger partial charge in [-0.3, -0.25) is 15.0 Å². The van der Waals surface area contributed by atoms with E-state index in [0.717, 1.165) is 22.5 Å². The van der Waals surface area contributed by atoms with Crippen molar-refractivity contribution in [1.29, 1.82) is 0 Å². The molecule has 3 aromatic rings. The lowest BCUT2D eigenvalue weighted by Gasteiger charge is -2.21. The smallest absolute Gasteiger partial charge is 0.255 e. The number of nitrogens with zero attached hydrogens (tertiary/aromatic N) is 2. The summed E-state index contributed by atoms with van der Waals surface area (Å²) >= 11 is 0. The Morgan fingerprint density at radius 3 is 2.24 bits per heavy atom. The van der Waals surface area contributed by atoms with Gasteiger partial charge in [-0.15, -0.1) is 0 Å². The highest BCUT2D eigenvalue weighted by Crippen LogP contribution is 2.28. The van der Waals surface area contributed by atoms with Gasteiger partial charge >= 0.3 is 0 Å². The summed E-state index contributed by atoms with van der Waals surface area (Å²) in [5.74, 6) is -1.02. The zero-order chi connectivity index (χ0) is 17.6. The third-order valence-corrected chi connectivity index (χ3v) is 4.15. The second-order valence-electron chi connectivity index (χ2n) is 5.68. The maximum atomic E-state index is 12.2. The molecular weight excluding hydrogens is 314 g/mol. The van der Waals surface area contributed by atoms with E-state index in [9.17, 15) is 4.79 Å². The molecule has 25 heavy (non-hydrogen) atoms. The number of benzene rings is 2. The summed E-state index contributed by atoms with van der Waals surface area (Å²) < 4.78 is 0. The second kappa shape index (κ2) is 7.59. The van der Waals surface area contributed by atoms with E-state index in [-0.39, 0.29) is 0 Å². The predicted octanol–water partition coefficient (Wildman–Crippen LogP) is 3.49. The molecule has 1 aromatic heterocycles. The van der Waals surface area contributed by atoms with Gasteiger partial charge in [-0.05, 0) is 35.4 Å². The number of aromatic nitrogens is 1. The van der Waals surface area contributed by atoms with Crippen LogP contribution in [0.25, 0.3) is 0 Å². The number of anilines is 2. The molecule has 1 amide bonds. The normalized spacial score (nSPS) is 11.6. The molecule has 0 radical (unpaired) electrons. The second-order valence-corrected chi connectivity index (χ2v) is 5.68. The monoisotopic (exact) mass is 333 g/mol. The van der Waals surface area contributed by atoms with E-state index >= 15 is 0 Å². The van der Waals surface area contributed by atoms with Gasteiger partial charge in [-0.1, -0.05) is 42.5 Å². The first-order valence-corrected chi connectivity index (χ1v) is 7.93.